The molecule has 46 valence electrons. The van der Waals surface area contributed by atoms with Crippen LogP contribution in [0.1, 0.15) is 13.8 Å². The van der Waals surface area contributed by atoms with Crippen molar-refractivity contribution in [3.63, 3.8) is 0 Å². The number of hydrogen-bond acceptors (Lipinski definition) is 2. The van der Waals surface area contributed by atoms with E-state index in [1.807, 2.05) is 0 Å². The van der Waals surface area contributed by atoms with E-state index in [9.17, 15) is 4.79 Å². The van der Waals surface area contributed by atoms with Gasteiger partial charge in [-0.15, -0.1) is 0 Å². The molecule has 0 aliphatic rings. The summed E-state index contributed by atoms with van der Waals surface area (Å²) in [6, 6.07) is 0. The molecule has 0 fully saturated rings. The van der Waals surface area contributed by atoms with E-state index in [1.54, 1.807) is 14.0 Å². The van der Waals surface area contributed by atoms with Gasteiger partial charge in [0.15, 0.2) is 0 Å². The molecule has 0 heterocycles. The number of rotatable bonds is 0. The summed E-state index contributed by atoms with van der Waals surface area (Å²) in [5.41, 5.74) is 0. The number of carbonyl (C=O) groups excluding carboxylic acids is 1. The number of hydrogen-bond donors (Lipinski definition) is 0. The fourth-order valence-corrected chi connectivity index (χ4v) is 0.350. The van der Waals surface area contributed by atoms with Gasteiger partial charge in [-0.05, 0) is 6.92 Å². The van der Waals surface area contributed by atoms with Gasteiger partial charge in [0.1, 0.15) is 0 Å². The lowest BCUT2D eigenvalue weighted by atomic mass is 10.5. The highest BCUT2D eigenvalue weighted by Crippen LogP contribution is 1.85. The zero-order chi connectivity index (χ0) is 6.73. The average Bonchev–Trinajstić information content (AvgIpc) is 1.64. The minimum Gasteiger partial charge on any atom is -0.310 e. The molecule has 0 aromatic rings. The summed E-state index contributed by atoms with van der Waals surface area (Å²) in [5.74, 6) is -0.0162. The van der Waals surface area contributed by atoms with Crippen LogP contribution in [-0.4, -0.2) is 22.8 Å². The maximum absolute atomic E-state index is 10.4. The highest BCUT2D eigenvalue weighted by Gasteiger charge is 2.00. The lowest BCUT2D eigenvalue weighted by molar-refractivity contribution is -0.124. The highest BCUT2D eigenvalue weighted by molar-refractivity contribution is 7.80. The van der Waals surface area contributed by atoms with Gasteiger partial charge in [-0.3, -0.25) is 4.79 Å². The second-order valence-electron chi connectivity index (χ2n) is 1.60. The molecule has 2 nitrogen and oxygen atoms in total. The minimum atomic E-state index is -0.0162. The monoisotopic (exact) mass is 131 g/mol. The van der Waals surface area contributed by atoms with Crippen LogP contribution < -0.4 is 0 Å². The molecular formula is C5H9NOS. The lowest BCUT2D eigenvalue weighted by Gasteiger charge is -2.10. The number of thiocarbonyl (C=S) groups is 1. The van der Waals surface area contributed by atoms with E-state index in [-0.39, 0.29) is 5.91 Å². The molecular weight excluding hydrogens is 122 g/mol. The first-order valence-corrected chi connectivity index (χ1v) is 2.71. The van der Waals surface area contributed by atoms with Crippen molar-refractivity contribution < 1.29 is 4.79 Å². The maximum Gasteiger partial charge on any atom is 0.223 e. The molecule has 0 unspecified atom stereocenters. The molecule has 0 spiro atoms. The molecule has 0 rings (SSSR count). The van der Waals surface area contributed by atoms with Gasteiger partial charge in [-0.25, -0.2) is 0 Å². The van der Waals surface area contributed by atoms with Crippen molar-refractivity contribution in [1.29, 1.82) is 0 Å². The lowest BCUT2D eigenvalue weighted by Crippen LogP contribution is -2.26. The van der Waals surface area contributed by atoms with Gasteiger partial charge in [0.2, 0.25) is 5.91 Å². The van der Waals surface area contributed by atoms with Crippen molar-refractivity contribution in [2.75, 3.05) is 7.05 Å². The summed E-state index contributed by atoms with van der Waals surface area (Å²) in [6.45, 7) is 3.20. The second-order valence-corrected chi connectivity index (χ2v) is 2.19. The molecule has 0 bridgehead atoms. The van der Waals surface area contributed by atoms with Gasteiger partial charge in [0.25, 0.3) is 0 Å². The van der Waals surface area contributed by atoms with Crippen molar-refractivity contribution in [1.82, 2.24) is 4.90 Å². The molecule has 0 atom stereocenters. The van der Waals surface area contributed by atoms with E-state index in [0.29, 0.717) is 4.99 Å². The van der Waals surface area contributed by atoms with Gasteiger partial charge in [-0.2, -0.15) is 0 Å². The zero-order valence-corrected chi connectivity index (χ0v) is 6.08. The summed E-state index contributed by atoms with van der Waals surface area (Å²) in [5, 5.41) is 0. The fraction of sp³-hybridized carbons (Fsp3) is 0.600. The smallest absolute Gasteiger partial charge is 0.223 e. The molecule has 8 heavy (non-hydrogen) atoms. The van der Waals surface area contributed by atoms with E-state index in [4.69, 9.17) is 12.2 Å². The van der Waals surface area contributed by atoms with Crippen LogP contribution in [0.3, 0.4) is 0 Å². The average molecular weight is 131 g/mol. The van der Waals surface area contributed by atoms with Crippen molar-refractivity contribution in [3.05, 3.63) is 0 Å². The van der Waals surface area contributed by atoms with E-state index in [1.165, 1.54) is 11.8 Å². The first-order valence-electron chi connectivity index (χ1n) is 2.30. The molecule has 0 saturated carbocycles. The summed E-state index contributed by atoms with van der Waals surface area (Å²) in [6.07, 6.45) is 0. The quantitative estimate of drug-likeness (QED) is 0.453. The molecule has 3 heteroatoms. The van der Waals surface area contributed by atoms with Crippen LogP contribution in [0.2, 0.25) is 0 Å². The van der Waals surface area contributed by atoms with Crippen LogP contribution >= 0.6 is 12.2 Å². The van der Waals surface area contributed by atoms with Crippen molar-refractivity contribution in [2.24, 2.45) is 0 Å². The second kappa shape index (κ2) is 2.77. The van der Waals surface area contributed by atoms with Gasteiger partial charge in [0.05, 0.1) is 4.99 Å². The Labute approximate surface area is 54.5 Å². The third kappa shape index (κ3) is 2.02. The number of carbonyl (C=O) groups is 1. The molecule has 0 radical (unpaired) electrons. The number of amides is 1. The normalized spacial score (nSPS) is 8.38. The summed E-state index contributed by atoms with van der Waals surface area (Å²) in [7, 11) is 1.66. The molecule has 0 aliphatic heterocycles. The van der Waals surface area contributed by atoms with E-state index < -0.39 is 0 Å². The first-order chi connectivity index (χ1) is 3.55. The molecule has 0 N–H and O–H groups in total. The van der Waals surface area contributed by atoms with Crippen molar-refractivity contribution in [3.8, 4) is 0 Å². The van der Waals surface area contributed by atoms with Crippen molar-refractivity contribution >= 4 is 23.1 Å². The predicted octanol–water partition coefficient (Wildman–Crippen LogP) is 0.812. The Hall–Kier alpha value is -0.440. The van der Waals surface area contributed by atoms with E-state index in [2.05, 4.69) is 0 Å². The fourth-order valence-electron chi connectivity index (χ4n) is 0.222. The Bertz CT molecular complexity index is 108. The van der Waals surface area contributed by atoms with Crippen LogP contribution in [0.4, 0.5) is 0 Å². The van der Waals surface area contributed by atoms with Crippen LogP contribution in [0, 0.1) is 0 Å². The Morgan fingerprint density at radius 2 is 1.88 bits per heavy atom. The topological polar surface area (TPSA) is 20.3 Å². The van der Waals surface area contributed by atoms with Crippen LogP contribution in [0.25, 0.3) is 0 Å². The Kier molecular flexibility index (Phi) is 2.62. The first kappa shape index (κ1) is 7.56. The number of nitrogens with zero attached hydrogens (tertiary/aromatic N) is 1. The largest absolute Gasteiger partial charge is 0.310 e. The van der Waals surface area contributed by atoms with Gasteiger partial charge < -0.3 is 4.90 Å². The summed E-state index contributed by atoms with van der Waals surface area (Å²) < 4.78 is 0. The SMILES string of the molecule is CC(=O)N(C)C(C)=S. The Morgan fingerprint density at radius 3 is 1.88 bits per heavy atom. The van der Waals surface area contributed by atoms with Crippen LogP contribution in [0.5, 0.6) is 0 Å². The highest BCUT2D eigenvalue weighted by atomic mass is 32.1. The third-order valence-corrected chi connectivity index (χ3v) is 1.22. The molecule has 0 aromatic carbocycles. The van der Waals surface area contributed by atoms with Gasteiger partial charge in [0, 0.05) is 14.0 Å². The molecule has 0 aromatic heterocycles. The van der Waals surface area contributed by atoms with Gasteiger partial charge in [-0.1, -0.05) is 12.2 Å². The van der Waals surface area contributed by atoms with Crippen LogP contribution in [0.15, 0.2) is 0 Å². The predicted molar refractivity (Wildman–Crippen MR) is 36.7 cm³/mol. The Morgan fingerprint density at radius 1 is 1.50 bits per heavy atom. The molecule has 0 aliphatic carbocycles. The maximum atomic E-state index is 10.4. The summed E-state index contributed by atoms with van der Waals surface area (Å²) in [4.78, 5) is 12.5. The molecule has 0 saturated heterocycles. The van der Waals surface area contributed by atoms with Crippen LogP contribution in [-0.2, 0) is 4.79 Å². The summed E-state index contributed by atoms with van der Waals surface area (Å²) >= 11 is 4.70. The van der Waals surface area contributed by atoms with E-state index in [0.717, 1.165) is 0 Å². The van der Waals surface area contributed by atoms with Gasteiger partial charge >= 0.3 is 0 Å². The van der Waals surface area contributed by atoms with E-state index >= 15 is 0 Å². The Balaban J connectivity index is 3.83. The standard InChI is InChI=1S/C5H9NOS/c1-4(7)6(3)5(2)8/h1-3H3. The zero-order valence-electron chi connectivity index (χ0n) is 5.26. The third-order valence-electron chi connectivity index (χ3n) is 0.945. The molecule has 1 amide bonds. The minimum absolute atomic E-state index is 0.0162. The van der Waals surface area contributed by atoms with Crippen molar-refractivity contribution in [2.45, 2.75) is 13.8 Å².